The van der Waals surface area contributed by atoms with Gasteiger partial charge in [0, 0.05) is 12.5 Å². The molecular weight excluding hydrogens is 214 g/mol. The van der Waals surface area contributed by atoms with E-state index in [1.54, 1.807) is 12.1 Å². The first-order chi connectivity index (χ1) is 8.19. The molecule has 90 valence electrons. The smallest absolute Gasteiger partial charge is 0.255 e. The Hall–Kier alpha value is -1.95. The molecule has 1 aromatic carbocycles. The molecular formula is C14H17NO2. The lowest BCUT2D eigenvalue weighted by Gasteiger charge is -2.13. The molecule has 1 rings (SSSR count). The van der Waals surface area contributed by atoms with Crippen molar-refractivity contribution >= 4 is 5.91 Å². The maximum Gasteiger partial charge on any atom is 0.255 e. The molecule has 0 heterocycles. The van der Waals surface area contributed by atoms with Gasteiger partial charge in [-0.3, -0.25) is 4.79 Å². The van der Waals surface area contributed by atoms with E-state index in [0.29, 0.717) is 24.3 Å². The number of rotatable bonds is 5. The number of nitrogens with one attached hydrogen (secondary N) is 1. The van der Waals surface area contributed by atoms with Crippen LogP contribution in [0.4, 0.5) is 0 Å². The molecule has 0 bridgehead atoms. The number of terminal acetylenes is 1. The van der Waals surface area contributed by atoms with E-state index in [9.17, 15) is 4.79 Å². The van der Waals surface area contributed by atoms with Crippen LogP contribution in [0.25, 0.3) is 0 Å². The van der Waals surface area contributed by atoms with E-state index in [0.717, 1.165) is 0 Å². The van der Waals surface area contributed by atoms with Crippen molar-refractivity contribution in [3.05, 3.63) is 29.8 Å². The monoisotopic (exact) mass is 231 g/mol. The van der Waals surface area contributed by atoms with Crippen molar-refractivity contribution in [2.75, 3.05) is 6.61 Å². The van der Waals surface area contributed by atoms with Crippen LogP contribution in [0.15, 0.2) is 24.3 Å². The average molecular weight is 231 g/mol. The Labute approximate surface area is 102 Å². The summed E-state index contributed by atoms with van der Waals surface area (Å²) < 4.78 is 5.40. The van der Waals surface area contributed by atoms with Gasteiger partial charge in [0.25, 0.3) is 5.91 Å². The van der Waals surface area contributed by atoms with E-state index in [4.69, 9.17) is 11.2 Å². The van der Waals surface area contributed by atoms with Crippen molar-refractivity contribution < 1.29 is 9.53 Å². The zero-order valence-electron chi connectivity index (χ0n) is 10.2. The van der Waals surface area contributed by atoms with Crippen LogP contribution in [0.2, 0.25) is 0 Å². The fraction of sp³-hybridized carbons (Fsp3) is 0.357. The molecule has 1 amide bonds. The maximum atomic E-state index is 12.0. The summed E-state index contributed by atoms with van der Waals surface area (Å²) >= 11 is 0. The number of carbonyl (C=O) groups is 1. The van der Waals surface area contributed by atoms with E-state index in [2.05, 4.69) is 11.2 Å². The van der Waals surface area contributed by atoms with E-state index >= 15 is 0 Å². The number of hydrogen-bond acceptors (Lipinski definition) is 2. The van der Waals surface area contributed by atoms with Gasteiger partial charge in [0.05, 0.1) is 12.2 Å². The summed E-state index contributed by atoms with van der Waals surface area (Å²) in [5.41, 5.74) is 0.540. The van der Waals surface area contributed by atoms with Crippen molar-refractivity contribution in [2.24, 2.45) is 0 Å². The molecule has 0 radical (unpaired) electrons. The molecule has 17 heavy (non-hydrogen) atoms. The van der Waals surface area contributed by atoms with Gasteiger partial charge >= 0.3 is 0 Å². The summed E-state index contributed by atoms with van der Waals surface area (Å²) in [7, 11) is 0. The second-order valence-corrected chi connectivity index (χ2v) is 3.71. The standard InChI is InChI=1S/C14H17NO2/c1-4-8-11(3)15-14(16)12-9-6-7-10-13(12)17-5-2/h1,6-7,9-11H,5,8H2,2-3H3,(H,15,16). The van der Waals surface area contributed by atoms with Crippen LogP contribution in [-0.4, -0.2) is 18.6 Å². The van der Waals surface area contributed by atoms with Crippen LogP contribution in [0.5, 0.6) is 5.75 Å². The lowest BCUT2D eigenvalue weighted by Crippen LogP contribution is -2.32. The Morgan fingerprint density at radius 2 is 2.24 bits per heavy atom. The van der Waals surface area contributed by atoms with Crippen molar-refractivity contribution in [1.29, 1.82) is 0 Å². The highest BCUT2D eigenvalue weighted by molar-refractivity contribution is 5.97. The van der Waals surface area contributed by atoms with Crippen LogP contribution in [0.3, 0.4) is 0 Å². The second kappa shape index (κ2) is 6.59. The summed E-state index contributed by atoms with van der Waals surface area (Å²) in [4.78, 5) is 12.0. The maximum absolute atomic E-state index is 12.0. The van der Waals surface area contributed by atoms with Crippen molar-refractivity contribution in [2.45, 2.75) is 26.3 Å². The van der Waals surface area contributed by atoms with Crippen LogP contribution >= 0.6 is 0 Å². The third-order valence-electron chi connectivity index (χ3n) is 2.23. The Bertz CT molecular complexity index is 420. The summed E-state index contributed by atoms with van der Waals surface area (Å²) in [6, 6.07) is 7.13. The van der Waals surface area contributed by atoms with Crippen molar-refractivity contribution in [3.8, 4) is 18.1 Å². The van der Waals surface area contributed by atoms with E-state index in [1.165, 1.54) is 0 Å². The molecule has 0 aliphatic heterocycles. The van der Waals surface area contributed by atoms with Gasteiger partial charge in [-0.1, -0.05) is 12.1 Å². The van der Waals surface area contributed by atoms with Gasteiger partial charge in [-0.25, -0.2) is 0 Å². The summed E-state index contributed by atoms with van der Waals surface area (Å²) in [6.07, 6.45) is 5.71. The van der Waals surface area contributed by atoms with Gasteiger partial charge < -0.3 is 10.1 Å². The minimum Gasteiger partial charge on any atom is -0.493 e. The average Bonchev–Trinajstić information content (AvgIpc) is 2.30. The summed E-state index contributed by atoms with van der Waals surface area (Å²) in [5.74, 6) is 2.96. The number of ether oxygens (including phenoxy) is 1. The molecule has 0 aromatic heterocycles. The molecule has 1 N–H and O–H groups in total. The first-order valence-corrected chi connectivity index (χ1v) is 5.65. The molecule has 0 aliphatic rings. The Morgan fingerprint density at radius 3 is 2.88 bits per heavy atom. The quantitative estimate of drug-likeness (QED) is 0.789. The molecule has 1 unspecified atom stereocenters. The highest BCUT2D eigenvalue weighted by Crippen LogP contribution is 2.17. The summed E-state index contributed by atoms with van der Waals surface area (Å²) in [6.45, 7) is 4.29. The zero-order chi connectivity index (χ0) is 12.7. The fourth-order valence-corrected chi connectivity index (χ4v) is 1.46. The minimum absolute atomic E-state index is 0.0396. The fourth-order valence-electron chi connectivity index (χ4n) is 1.46. The van der Waals surface area contributed by atoms with Gasteiger partial charge in [-0.15, -0.1) is 12.3 Å². The number of carbonyl (C=O) groups excluding carboxylic acids is 1. The van der Waals surface area contributed by atoms with Gasteiger partial charge in [-0.2, -0.15) is 0 Å². The van der Waals surface area contributed by atoms with Crippen LogP contribution in [0.1, 0.15) is 30.6 Å². The molecule has 0 saturated carbocycles. The molecule has 0 spiro atoms. The van der Waals surface area contributed by atoms with Crippen molar-refractivity contribution in [1.82, 2.24) is 5.32 Å². The predicted octanol–water partition coefficient (Wildman–Crippen LogP) is 2.23. The molecule has 3 heteroatoms. The SMILES string of the molecule is C#CCC(C)NC(=O)c1ccccc1OCC. The van der Waals surface area contributed by atoms with Gasteiger partial charge in [-0.05, 0) is 26.0 Å². The Kier molecular flexibility index (Phi) is 5.09. The minimum atomic E-state index is -0.156. The molecule has 0 aliphatic carbocycles. The normalized spacial score (nSPS) is 11.4. The van der Waals surface area contributed by atoms with Gasteiger partial charge in [0.15, 0.2) is 0 Å². The van der Waals surface area contributed by atoms with Crippen LogP contribution < -0.4 is 10.1 Å². The topological polar surface area (TPSA) is 38.3 Å². The number of hydrogen-bond donors (Lipinski definition) is 1. The highest BCUT2D eigenvalue weighted by Gasteiger charge is 2.13. The lowest BCUT2D eigenvalue weighted by molar-refractivity contribution is 0.0937. The van der Waals surface area contributed by atoms with E-state index < -0.39 is 0 Å². The van der Waals surface area contributed by atoms with Gasteiger partial charge in [0.2, 0.25) is 0 Å². The van der Waals surface area contributed by atoms with Crippen LogP contribution in [-0.2, 0) is 0 Å². The molecule has 1 aromatic rings. The first-order valence-electron chi connectivity index (χ1n) is 5.65. The largest absolute Gasteiger partial charge is 0.493 e. The summed E-state index contributed by atoms with van der Waals surface area (Å²) in [5, 5.41) is 2.83. The number of para-hydroxylation sites is 1. The second-order valence-electron chi connectivity index (χ2n) is 3.71. The lowest BCUT2D eigenvalue weighted by atomic mass is 10.1. The third-order valence-corrected chi connectivity index (χ3v) is 2.23. The van der Waals surface area contributed by atoms with Crippen molar-refractivity contribution in [3.63, 3.8) is 0 Å². The Morgan fingerprint density at radius 1 is 1.53 bits per heavy atom. The van der Waals surface area contributed by atoms with Gasteiger partial charge in [0.1, 0.15) is 5.75 Å². The van der Waals surface area contributed by atoms with E-state index in [1.807, 2.05) is 26.0 Å². The van der Waals surface area contributed by atoms with E-state index in [-0.39, 0.29) is 11.9 Å². The highest BCUT2D eigenvalue weighted by atomic mass is 16.5. The number of benzene rings is 1. The Balaban J connectivity index is 2.78. The third kappa shape index (κ3) is 3.84. The molecule has 1 atom stereocenters. The molecule has 0 fully saturated rings. The number of amides is 1. The molecule has 3 nitrogen and oxygen atoms in total. The predicted molar refractivity (Wildman–Crippen MR) is 68.0 cm³/mol. The van der Waals surface area contributed by atoms with Crippen LogP contribution in [0, 0.1) is 12.3 Å². The zero-order valence-corrected chi connectivity index (χ0v) is 10.2. The molecule has 0 saturated heterocycles. The first kappa shape index (κ1) is 13.1.